The molecule has 0 aromatic rings. The predicted molar refractivity (Wildman–Crippen MR) is 113 cm³/mol. The minimum absolute atomic E-state index is 0.173. The summed E-state index contributed by atoms with van der Waals surface area (Å²) in [5.74, 6) is 0. The molecular weight excluding hydrogens is 320 g/mol. The minimum Gasteiger partial charge on any atom is -0.319 e. The second-order valence-electron chi connectivity index (χ2n) is 7.92. The Hall–Kier alpha value is -1.77. The molecule has 0 radical (unpaired) electrons. The molecular formula is C23H38N2O. The van der Waals surface area contributed by atoms with Gasteiger partial charge in [-0.15, -0.1) is 0 Å². The number of allylic oxidation sites excluding steroid dienone is 6. The van der Waals surface area contributed by atoms with E-state index in [2.05, 4.69) is 65.8 Å². The summed E-state index contributed by atoms with van der Waals surface area (Å²) in [5, 5.41) is 0. The Morgan fingerprint density at radius 2 is 1.12 bits per heavy atom. The first-order valence-electron chi connectivity index (χ1n) is 9.91. The highest BCUT2D eigenvalue weighted by Gasteiger charge is 2.26. The summed E-state index contributed by atoms with van der Waals surface area (Å²) >= 11 is 0. The van der Waals surface area contributed by atoms with Crippen molar-refractivity contribution < 1.29 is 4.79 Å². The van der Waals surface area contributed by atoms with Crippen LogP contribution in [0.2, 0.25) is 0 Å². The topological polar surface area (TPSA) is 23.6 Å². The van der Waals surface area contributed by atoms with Gasteiger partial charge in [0.05, 0.1) is 0 Å². The third kappa shape index (κ3) is 9.07. The third-order valence-corrected chi connectivity index (χ3v) is 4.68. The number of rotatable bonds is 10. The first kappa shape index (κ1) is 22.3. The Labute approximate surface area is 161 Å². The first-order chi connectivity index (χ1) is 12.3. The van der Waals surface area contributed by atoms with Gasteiger partial charge < -0.3 is 9.80 Å². The van der Waals surface area contributed by atoms with Gasteiger partial charge in [0.2, 0.25) is 0 Å². The molecule has 1 heterocycles. The van der Waals surface area contributed by atoms with Crippen LogP contribution in [-0.2, 0) is 0 Å². The van der Waals surface area contributed by atoms with Crippen molar-refractivity contribution in [2.45, 2.75) is 67.2 Å². The molecule has 0 bridgehead atoms. The van der Waals surface area contributed by atoms with Gasteiger partial charge in [-0.25, -0.2) is 4.79 Å². The van der Waals surface area contributed by atoms with Crippen molar-refractivity contribution in [3.05, 3.63) is 46.6 Å². The number of nitrogens with zero attached hydrogens (tertiary/aromatic N) is 2. The zero-order valence-corrected chi connectivity index (χ0v) is 17.8. The van der Waals surface area contributed by atoms with Gasteiger partial charge >= 0.3 is 6.03 Å². The summed E-state index contributed by atoms with van der Waals surface area (Å²) in [4.78, 5) is 16.4. The van der Waals surface area contributed by atoms with E-state index in [1.807, 2.05) is 9.80 Å². The van der Waals surface area contributed by atoms with Crippen molar-refractivity contribution in [3.8, 4) is 0 Å². The largest absolute Gasteiger partial charge is 0.320 e. The molecule has 0 saturated carbocycles. The van der Waals surface area contributed by atoms with Gasteiger partial charge in [-0.3, -0.25) is 0 Å². The van der Waals surface area contributed by atoms with E-state index in [1.165, 1.54) is 22.3 Å². The van der Waals surface area contributed by atoms with E-state index >= 15 is 0 Å². The van der Waals surface area contributed by atoms with E-state index in [9.17, 15) is 4.79 Å². The van der Waals surface area contributed by atoms with Crippen molar-refractivity contribution in [1.29, 1.82) is 0 Å². The average Bonchev–Trinajstić information content (AvgIpc) is 2.90. The number of amides is 2. The third-order valence-electron chi connectivity index (χ3n) is 4.68. The Morgan fingerprint density at radius 3 is 1.46 bits per heavy atom. The first-order valence-corrected chi connectivity index (χ1v) is 9.91. The van der Waals surface area contributed by atoms with Gasteiger partial charge in [0.1, 0.15) is 0 Å². The smallest absolute Gasteiger partial charge is 0.319 e. The second kappa shape index (κ2) is 11.8. The van der Waals surface area contributed by atoms with Crippen LogP contribution in [0.4, 0.5) is 4.79 Å². The van der Waals surface area contributed by atoms with E-state index in [0.717, 1.165) is 51.9 Å². The van der Waals surface area contributed by atoms with E-state index < -0.39 is 0 Å². The van der Waals surface area contributed by atoms with Crippen LogP contribution in [0.15, 0.2) is 46.6 Å². The van der Waals surface area contributed by atoms with Gasteiger partial charge in [0.15, 0.2) is 0 Å². The zero-order chi connectivity index (χ0) is 19.5. The molecule has 1 aliphatic heterocycles. The van der Waals surface area contributed by atoms with Crippen LogP contribution < -0.4 is 0 Å². The van der Waals surface area contributed by atoms with E-state index in [-0.39, 0.29) is 6.03 Å². The van der Waals surface area contributed by atoms with Gasteiger partial charge in [0.25, 0.3) is 0 Å². The van der Waals surface area contributed by atoms with Crippen LogP contribution in [0.3, 0.4) is 0 Å². The molecule has 0 N–H and O–H groups in total. The monoisotopic (exact) mass is 358 g/mol. The fourth-order valence-electron chi connectivity index (χ4n) is 2.88. The standard InChI is InChI=1S/C23H38N2O/c1-19(2)9-7-11-21(5)13-15-24-17-18-25(23(24)26)16-14-22(6)12-8-10-20(3)4/h9-10,13-14H,7-8,11-12,15-18H2,1-6H3/b21-13+,22-14+. The molecule has 0 atom stereocenters. The van der Waals surface area contributed by atoms with Crippen molar-refractivity contribution in [2.75, 3.05) is 26.2 Å². The molecule has 0 aromatic carbocycles. The van der Waals surface area contributed by atoms with Gasteiger partial charge in [-0.05, 0) is 67.2 Å². The molecule has 3 nitrogen and oxygen atoms in total. The minimum atomic E-state index is 0.173. The lowest BCUT2D eigenvalue weighted by Crippen LogP contribution is -2.32. The quantitative estimate of drug-likeness (QED) is 0.432. The lowest BCUT2D eigenvalue weighted by Gasteiger charge is -2.17. The summed E-state index contributed by atoms with van der Waals surface area (Å²) in [6.07, 6.45) is 13.3. The average molecular weight is 359 g/mol. The highest BCUT2D eigenvalue weighted by molar-refractivity contribution is 5.76. The van der Waals surface area contributed by atoms with Crippen LogP contribution in [0.1, 0.15) is 67.2 Å². The van der Waals surface area contributed by atoms with Crippen molar-refractivity contribution in [1.82, 2.24) is 9.80 Å². The van der Waals surface area contributed by atoms with Crippen molar-refractivity contribution >= 4 is 6.03 Å². The maximum atomic E-state index is 12.5. The molecule has 1 rings (SSSR count). The number of hydrogen-bond donors (Lipinski definition) is 0. The van der Waals surface area contributed by atoms with Crippen LogP contribution >= 0.6 is 0 Å². The Balaban J connectivity index is 2.40. The predicted octanol–water partition coefficient (Wildman–Crippen LogP) is 6.11. The summed E-state index contributed by atoms with van der Waals surface area (Å²) in [7, 11) is 0. The molecule has 1 aliphatic rings. The molecule has 0 aromatic heterocycles. The normalized spacial score (nSPS) is 15.5. The van der Waals surface area contributed by atoms with E-state index in [4.69, 9.17) is 0 Å². The fourth-order valence-corrected chi connectivity index (χ4v) is 2.88. The van der Waals surface area contributed by atoms with Crippen LogP contribution in [0.5, 0.6) is 0 Å². The number of carbonyl (C=O) groups is 1. The molecule has 1 saturated heterocycles. The molecule has 3 heteroatoms. The Bertz CT molecular complexity index is 523. The molecule has 1 fully saturated rings. The molecule has 146 valence electrons. The SMILES string of the molecule is CC(C)=CCC/C(C)=C/CN1CCN(C/C=C(\C)CCC=C(C)C)C1=O. The highest BCUT2D eigenvalue weighted by atomic mass is 16.2. The molecule has 26 heavy (non-hydrogen) atoms. The van der Waals surface area contributed by atoms with Gasteiger partial charge in [-0.2, -0.15) is 0 Å². The summed E-state index contributed by atoms with van der Waals surface area (Å²) in [6, 6.07) is 0.173. The van der Waals surface area contributed by atoms with Crippen LogP contribution in [0.25, 0.3) is 0 Å². The Kier molecular flexibility index (Phi) is 10.1. The Morgan fingerprint density at radius 1 is 0.731 bits per heavy atom. The summed E-state index contributed by atoms with van der Waals surface area (Å²) in [5.41, 5.74) is 5.47. The van der Waals surface area contributed by atoms with Crippen molar-refractivity contribution in [3.63, 3.8) is 0 Å². The molecule has 2 amide bonds. The molecule has 0 aliphatic carbocycles. The van der Waals surface area contributed by atoms with Gasteiger partial charge in [0, 0.05) is 26.2 Å². The highest BCUT2D eigenvalue weighted by Crippen LogP contribution is 2.13. The molecule has 0 spiro atoms. The summed E-state index contributed by atoms with van der Waals surface area (Å²) < 4.78 is 0. The van der Waals surface area contributed by atoms with E-state index in [0.29, 0.717) is 0 Å². The second-order valence-corrected chi connectivity index (χ2v) is 7.92. The molecule has 0 unspecified atom stereocenters. The fraction of sp³-hybridized carbons (Fsp3) is 0.609. The lowest BCUT2D eigenvalue weighted by atomic mass is 10.1. The zero-order valence-electron chi connectivity index (χ0n) is 17.8. The number of carbonyl (C=O) groups excluding carboxylic acids is 1. The van der Waals surface area contributed by atoms with Gasteiger partial charge in [-0.1, -0.05) is 46.6 Å². The maximum absolute atomic E-state index is 12.5. The van der Waals surface area contributed by atoms with Crippen molar-refractivity contribution in [2.24, 2.45) is 0 Å². The maximum Gasteiger partial charge on any atom is 0.320 e. The lowest BCUT2D eigenvalue weighted by molar-refractivity contribution is 0.198. The van der Waals surface area contributed by atoms with E-state index in [1.54, 1.807) is 0 Å². The van der Waals surface area contributed by atoms with Crippen LogP contribution in [-0.4, -0.2) is 42.0 Å². The summed E-state index contributed by atoms with van der Waals surface area (Å²) in [6.45, 7) is 16.0. The number of urea groups is 1. The number of hydrogen-bond acceptors (Lipinski definition) is 1. The van der Waals surface area contributed by atoms with Crippen LogP contribution in [0, 0.1) is 0 Å².